The molecular weight excluding hydrogens is 484 g/mol. The molecule has 0 fully saturated rings. The highest BCUT2D eigenvalue weighted by atomic mass is 15.4. The van der Waals surface area contributed by atoms with Crippen LogP contribution in [0.1, 0.15) is 213 Å². The molecule has 1 heterocycles. The molecule has 0 aromatic rings. The van der Waals surface area contributed by atoms with Gasteiger partial charge in [-0.1, -0.05) is 188 Å². The van der Waals surface area contributed by atoms with Crippen molar-refractivity contribution >= 4 is 0 Å². The van der Waals surface area contributed by atoms with Crippen LogP contribution in [0.25, 0.3) is 0 Å². The van der Waals surface area contributed by atoms with E-state index in [0.29, 0.717) is 6.17 Å². The smallest absolute Gasteiger partial charge is 0.101 e. The zero-order valence-electron chi connectivity index (χ0n) is 28.3. The Bertz CT molecular complexity index is 516. The monoisotopic (exact) mass is 561 g/mol. The summed E-state index contributed by atoms with van der Waals surface area (Å²) in [6, 6.07) is 0. The molecule has 1 aliphatic rings. The Morgan fingerprint density at radius 3 is 0.875 bits per heavy atom. The van der Waals surface area contributed by atoms with E-state index in [0.717, 1.165) is 0 Å². The molecule has 1 atom stereocenters. The number of hydrogen-bond donors (Lipinski definition) is 0. The van der Waals surface area contributed by atoms with Crippen molar-refractivity contribution in [3.63, 3.8) is 0 Å². The highest BCUT2D eigenvalue weighted by molar-refractivity contribution is 4.97. The Morgan fingerprint density at radius 1 is 0.325 bits per heavy atom. The van der Waals surface area contributed by atoms with Crippen molar-refractivity contribution in [2.75, 3.05) is 13.1 Å². The van der Waals surface area contributed by atoms with Crippen LogP contribution in [0.5, 0.6) is 0 Å². The van der Waals surface area contributed by atoms with Gasteiger partial charge in [0.2, 0.25) is 0 Å². The quantitative estimate of drug-likeness (QED) is 0.0755. The first-order valence-electron chi connectivity index (χ1n) is 19.0. The fourth-order valence-electron chi connectivity index (χ4n) is 6.54. The van der Waals surface area contributed by atoms with E-state index in [1.54, 1.807) is 0 Å². The second-order valence-electron chi connectivity index (χ2n) is 13.2. The summed E-state index contributed by atoms with van der Waals surface area (Å²) in [4.78, 5) is 5.43. The summed E-state index contributed by atoms with van der Waals surface area (Å²) in [6.45, 7) is 9.48. The van der Waals surface area contributed by atoms with E-state index < -0.39 is 0 Å². The van der Waals surface area contributed by atoms with Crippen LogP contribution in [0.2, 0.25) is 0 Å². The van der Waals surface area contributed by atoms with Gasteiger partial charge in [0, 0.05) is 25.5 Å². The van der Waals surface area contributed by atoms with E-state index >= 15 is 0 Å². The van der Waals surface area contributed by atoms with Crippen LogP contribution in [0.15, 0.2) is 12.4 Å². The van der Waals surface area contributed by atoms with Crippen LogP contribution >= 0.6 is 0 Å². The molecule has 40 heavy (non-hydrogen) atoms. The van der Waals surface area contributed by atoms with Gasteiger partial charge in [-0.05, 0) is 25.7 Å². The third kappa shape index (κ3) is 22.0. The highest BCUT2D eigenvalue weighted by Gasteiger charge is 2.24. The van der Waals surface area contributed by atoms with Gasteiger partial charge in [-0.25, -0.2) is 0 Å². The molecular formula is C38H76N2. The summed E-state index contributed by atoms with van der Waals surface area (Å²) in [5.41, 5.74) is 0. The lowest BCUT2D eigenvalue weighted by molar-refractivity contribution is 0.135. The molecule has 238 valence electrons. The lowest BCUT2D eigenvalue weighted by Gasteiger charge is -2.33. The molecule has 0 saturated carbocycles. The zero-order chi connectivity index (χ0) is 28.8. The van der Waals surface area contributed by atoms with Crippen LogP contribution in [-0.4, -0.2) is 29.1 Å². The topological polar surface area (TPSA) is 6.48 Å². The van der Waals surface area contributed by atoms with Crippen molar-refractivity contribution in [3.05, 3.63) is 12.4 Å². The molecule has 0 saturated heterocycles. The minimum absolute atomic E-state index is 0.640. The van der Waals surface area contributed by atoms with Gasteiger partial charge in [0.1, 0.15) is 6.17 Å². The third-order valence-corrected chi connectivity index (χ3v) is 9.32. The molecule has 0 amide bonds. The van der Waals surface area contributed by atoms with Gasteiger partial charge < -0.3 is 9.80 Å². The molecule has 0 aliphatic carbocycles. The number of hydrogen-bond acceptors (Lipinski definition) is 2. The van der Waals surface area contributed by atoms with Gasteiger partial charge in [-0.3, -0.25) is 0 Å². The lowest BCUT2D eigenvalue weighted by atomic mass is 10.0. The summed E-state index contributed by atoms with van der Waals surface area (Å²) in [5.74, 6) is 0. The standard InChI is InChI=1S/C38H76N2/c1-4-7-10-13-16-19-21-22-24-27-30-33-38-39(34-31-28-25-18-15-12-9-6-3)36-37-40(38)35-32-29-26-23-20-17-14-11-8-5-2/h36-38H,4-35H2,1-3H3. The summed E-state index contributed by atoms with van der Waals surface area (Å²) >= 11 is 0. The molecule has 0 bridgehead atoms. The van der Waals surface area contributed by atoms with E-state index in [2.05, 4.69) is 43.0 Å². The van der Waals surface area contributed by atoms with Crippen LogP contribution in [0.4, 0.5) is 0 Å². The Hall–Kier alpha value is -0.660. The maximum Gasteiger partial charge on any atom is 0.101 e. The number of nitrogens with zero attached hydrogens (tertiary/aromatic N) is 2. The van der Waals surface area contributed by atoms with Gasteiger partial charge in [0.05, 0.1) is 0 Å². The first kappa shape index (κ1) is 37.4. The third-order valence-electron chi connectivity index (χ3n) is 9.32. The molecule has 0 radical (unpaired) electrons. The van der Waals surface area contributed by atoms with Crippen molar-refractivity contribution in [3.8, 4) is 0 Å². The van der Waals surface area contributed by atoms with E-state index in [9.17, 15) is 0 Å². The molecule has 1 rings (SSSR count). The first-order valence-corrected chi connectivity index (χ1v) is 19.0. The Balaban J connectivity index is 2.24. The Kier molecular flexibility index (Phi) is 27.9. The summed E-state index contributed by atoms with van der Waals surface area (Å²) in [7, 11) is 0. The van der Waals surface area contributed by atoms with Gasteiger partial charge in [-0.15, -0.1) is 0 Å². The lowest BCUT2D eigenvalue weighted by Crippen LogP contribution is -2.39. The Morgan fingerprint density at radius 2 is 0.575 bits per heavy atom. The highest BCUT2D eigenvalue weighted by Crippen LogP contribution is 2.24. The molecule has 0 spiro atoms. The predicted molar refractivity (Wildman–Crippen MR) is 182 cm³/mol. The fraction of sp³-hybridized carbons (Fsp3) is 0.947. The predicted octanol–water partition coefficient (Wildman–Crippen LogP) is 13.2. The largest absolute Gasteiger partial charge is 0.356 e. The SMILES string of the molecule is CCCCCCCCCCCCCC1N(CCCCCCCCCC)C=CN1CCCCCCCCCCCC. The van der Waals surface area contributed by atoms with Gasteiger partial charge in [-0.2, -0.15) is 0 Å². The van der Waals surface area contributed by atoms with Crippen LogP contribution in [0, 0.1) is 0 Å². The van der Waals surface area contributed by atoms with E-state index in [1.807, 2.05) is 0 Å². The first-order chi connectivity index (χ1) is 19.8. The van der Waals surface area contributed by atoms with Crippen molar-refractivity contribution in [1.82, 2.24) is 9.80 Å². The molecule has 0 aromatic carbocycles. The molecule has 1 unspecified atom stereocenters. The van der Waals surface area contributed by atoms with Crippen LogP contribution < -0.4 is 0 Å². The zero-order valence-corrected chi connectivity index (χ0v) is 28.3. The summed E-state index contributed by atoms with van der Waals surface area (Å²) in [5, 5.41) is 0. The average Bonchev–Trinajstić information content (AvgIpc) is 3.35. The van der Waals surface area contributed by atoms with E-state index in [1.165, 1.54) is 206 Å². The van der Waals surface area contributed by atoms with Crippen LogP contribution in [-0.2, 0) is 0 Å². The minimum Gasteiger partial charge on any atom is -0.356 e. The maximum absolute atomic E-state index is 2.71. The van der Waals surface area contributed by atoms with Crippen molar-refractivity contribution in [2.24, 2.45) is 0 Å². The second-order valence-corrected chi connectivity index (χ2v) is 13.2. The van der Waals surface area contributed by atoms with Gasteiger partial charge >= 0.3 is 0 Å². The fourth-order valence-corrected chi connectivity index (χ4v) is 6.54. The number of rotatable bonds is 32. The van der Waals surface area contributed by atoms with E-state index in [4.69, 9.17) is 0 Å². The molecule has 2 nitrogen and oxygen atoms in total. The van der Waals surface area contributed by atoms with Crippen molar-refractivity contribution in [2.45, 2.75) is 220 Å². The minimum atomic E-state index is 0.640. The Labute approximate surface area is 254 Å². The molecule has 0 N–H and O–H groups in total. The molecule has 0 aromatic heterocycles. The van der Waals surface area contributed by atoms with Crippen molar-refractivity contribution in [1.29, 1.82) is 0 Å². The second kappa shape index (κ2) is 29.8. The van der Waals surface area contributed by atoms with E-state index in [-0.39, 0.29) is 0 Å². The van der Waals surface area contributed by atoms with Gasteiger partial charge in [0.15, 0.2) is 0 Å². The average molecular weight is 561 g/mol. The van der Waals surface area contributed by atoms with Crippen LogP contribution in [0.3, 0.4) is 0 Å². The maximum atomic E-state index is 2.71. The van der Waals surface area contributed by atoms with Crippen molar-refractivity contribution < 1.29 is 0 Å². The number of unbranched alkanes of at least 4 members (excludes halogenated alkanes) is 26. The van der Waals surface area contributed by atoms with Gasteiger partial charge in [0.25, 0.3) is 0 Å². The normalized spacial score (nSPS) is 15.1. The molecule has 2 heteroatoms. The summed E-state index contributed by atoms with van der Waals surface area (Å²) in [6.07, 6.45) is 48.4. The molecule has 1 aliphatic heterocycles. The summed E-state index contributed by atoms with van der Waals surface area (Å²) < 4.78 is 0.